The first-order valence-corrected chi connectivity index (χ1v) is 10.5. The number of allylic oxidation sites excluding steroid dienone is 2. The molecule has 2 aliphatic rings. The molecule has 4 heteroatoms. The number of rotatable bonds is 4. The van der Waals surface area contributed by atoms with E-state index in [9.17, 15) is 4.79 Å². The zero-order chi connectivity index (χ0) is 19.0. The topological polar surface area (TPSA) is 32.3 Å². The largest absolute Gasteiger partial charge is 0.378 e. The lowest BCUT2D eigenvalue weighted by atomic mass is 9.76. The van der Waals surface area contributed by atoms with Gasteiger partial charge in [-0.25, -0.2) is 0 Å². The van der Waals surface area contributed by atoms with Crippen LogP contribution in [-0.2, 0) is 0 Å². The monoisotopic (exact) mass is 424 g/mol. The zero-order valence-corrected chi connectivity index (χ0v) is 17.4. The van der Waals surface area contributed by atoms with Crippen LogP contribution in [0.1, 0.15) is 53.7 Å². The maximum atomic E-state index is 12.8. The minimum Gasteiger partial charge on any atom is -0.378 e. The number of carbonyl (C=O) groups is 1. The smallest absolute Gasteiger partial charge is 0.253 e. The summed E-state index contributed by atoms with van der Waals surface area (Å²) in [6.45, 7) is 5.53. The van der Waals surface area contributed by atoms with Crippen molar-refractivity contribution >= 4 is 27.5 Å². The highest BCUT2D eigenvalue weighted by Crippen LogP contribution is 2.50. The van der Waals surface area contributed by atoms with E-state index in [1.54, 1.807) is 0 Å². The summed E-state index contributed by atoms with van der Waals surface area (Å²) in [6, 6.07) is 15.0. The number of benzene rings is 2. The molecule has 0 saturated heterocycles. The Hall–Kier alpha value is -2.07. The van der Waals surface area contributed by atoms with Crippen LogP contribution in [0.25, 0.3) is 0 Å². The predicted octanol–water partition coefficient (Wildman–Crippen LogP) is 5.76. The number of nitrogens with zero attached hydrogens (tertiary/aromatic N) is 1. The van der Waals surface area contributed by atoms with Crippen LogP contribution in [0, 0.1) is 5.92 Å². The van der Waals surface area contributed by atoms with Crippen LogP contribution in [0.5, 0.6) is 0 Å². The van der Waals surface area contributed by atoms with E-state index in [0.29, 0.717) is 11.8 Å². The Morgan fingerprint density at radius 3 is 2.59 bits per heavy atom. The Labute approximate surface area is 169 Å². The van der Waals surface area contributed by atoms with Crippen molar-refractivity contribution in [1.29, 1.82) is 0 Å². The van der Waals surface area contributed by atoms with Crippen LogP contribution in [-0.4, -0.2) is 23.9 Å². The molecule has 1 aliphatic carbocycles. The third-order valence-corrected chi connectivity index (χ3v) is 6.42. The standard InChI is InChI=1S/C23H25BrN2O/c1-3-26(4-2)23(27)16-10-13-21-20(14-16)18-6-5-7-19(18)22(25-21)15-8-11-17(24)12-9-15/h5-6,8-14,18-19,22,25H,3-4,7H2,1-2H3. The van der Waals surface area contributed by atoms with Gasteiger partial charge in [-0.1, -0.05) is 40.2 Å². The van der Waals surface area contributed by atoms with Gasteiger partial charge in [0, 0.05) is 34.7 Å². The van der Waals surface area contributed by atoms with Gasteiger partial charge < -0.3 is 10.2 Å². The number of carbonyl (C=O) groups excluding carboxylic acids is 1. The van der Waals surface area contributed by atoms with Gasteiger partial charge >= 0.3 is 0 Å². The van der Waals surface area contributed by atoms with E-state index < -0.39 is 0 Å². The Kier molecular flexibility index (Phi) is 5.09. The number of amides is 1. The number of hydrogen-bond donors (Lipinski definition) is 1. The molecule has 1 N–H and O–H groups in total. The fourth-order valence-electron chi connectivity index (χ4n) is 4.42. The molecule has 1 amide bonds. The number of fused-ring (bicyclic) bond motifs is 3. The van der Waals surface area contributed by atoms with Gasteiger partial charge in [0.05, 0.1) is 6.04 Å². The van der Waals surface area contributed by atoms with Gasteiger partial charge in [0.15, 0.2) is 0 Å². The summed E-state index contributed by atoms with van der Waals surface area (Å²) in [5, 5.41) is 3.75. The molecule has 1 heterocycles. The Morgan fingerprint density at radius 2 is 1.89 bits per heavy atom. The van der Waals surface area contributed by atoms with Gasteiger partial charge in [-0.3, -0.25) is 4.79 Å². The lowest BCUT2D eigenvalue weighted by Gasteiger charge is -2.38. The van der Waals surface area contributed by atoms with E-state index in [0.717, 1.165) is 35.2 Å². The number of halogens is 1. The molecule has 2 aromatic carbocycles. The predicted molar refractivity (Wildman–Crippen MR) is 114 cm³/mol. The lowest BCUT2D eigenvalue weighted by Crippen LogP contribution is -2.32. The number of hydrogen-bond acceptors (Lipinski definition) is 2. The molecule has 140 valence electrons. The lowest BCUT2D eigenvalue weighted by molar-refractivity contribution is 0.0773. The molecular weight excluding hydrogens is 400 g/mol. The molecule has 27 heavy (non-hydrogen) atoms. The van der Waals surface area contributed by atoms with Crippen molar-refractivity contribution in [3.63, 3.8) is 0 Å². The summed E-state index contributed by atoms with van der Waals surface area (Å²) < 4.78 is 1.10. The Balaban J connectivity index is 1.69. The van der Waals surface area contributed by atoms with Gasteiger partial charge in [0.2, 0.25) is 0 Å². The minimum atomic E-state index is 0.122. The molecule has 3 atom stereocenters. The van der Waals surface area contributed by atoms with Crippen molar-refractivity contribution in [2.75, 3.05) is 18.4 Å². The average molecular weight is 425 g/mol. The molecule has 0 fully saturated rings. The molecule has 0 spiro atoms. The first-order chi connectivity index (χ1) is 13.1. The molecule has 3 nitrogen and oxygen atoms in total. The van der Waals surface area contributed by atoms with Crippen molar-refractivity contribution in [2.45, 2.75) is 32.2 Å². The number of anilines is 1. The van der Waals surface area contributed by atoms with Gasteiger partial charge in [-0.05, 0) is 67.6 Å². The van der Waals surface area contributed by atoms with Crippen LogP contribution in [0.2, 0.25) is 0 Å². The summed E-state index contributed by atoms with van der Waals surface area (Å²) >= 11 is 3.53. The Bertz CT molecular complexity index is 870. The summed E-state index contributed by atoms with van der Waals surface area (Å²) in [7, 11) is 0. The fourth-order valence-corrected chi connectivity index (χ4v) is 4.69. The van der Waals surface area contributed by atoms with Crippen LogP contribution in [0.4, 0.5) is 5.69 Å². The zero-order valence-electron chi connectivity index (χ0n) is 15.8. The quantitative estimate of drug-likeness (QED) is 0.632. The molecule has 0 radical (unpaired) electrons. The third kappa shape index (κ3) is 3.31. The van der Waals surface area contributed by atoms with E-state index >= 15 is 0 Å². The second-order valence-corrected chi connectivity index (χ2v) is 8.22. The third-order valence-electron chi connectivity index (χ3n) is 5.89. The van der Waals surface area contributed by atoms with Crippen molar-refractivity contribution < 1.29 is 4.79 Å². The van der Waals surface area contributed by atoms with Gasteiger partial charge in [0.1, 0.15) is 0 Å². The van der Waals surface area contributed by atoms with E-state index in [4.69, 9.17) is 0 Å². The summed E-state index contributed by atoms with van der Waals surface area (Å²) in [5.41, 5.74) is 4.50. The van der Waals surface area contributed by atoms with Crippen molar-refractivity contribution in [1.82, 2.24) is 4.90 Å². The first-order valence-electron chi connectivity index (χ1n) is 9.74. The van der Waals surface area contributed by atoms with Gasteiger partial charge in [0.25, 0.3) is 5.91 Å². The average Bonchev–Trinajstić information content (AvgIpc) is 3.19. The van der Waals surface area contributed by atoms with Crippen LogP contribution < -0.4 is 5.32 Å². The summed E-state index contributed by atoms with van der Waals surface area (Å²) in [5.74, 6) is 0.966. The highest BCUT2D eigenvalue weighted by Gasteiger charge is 2.38. The van der Waals surface area contributed by atoms with Gasteiger partial charge in [-0.15, -0.1) is 0 Å². The molecule has 1 aliphatic heterocycles. The SMILES string of the molecule is CCN(CC)C(=O)c1ccc2c(c1)C1C=CCC1C(c1ccc(Br)cc1)N2. The highest BCUT2D eigenvalue weighted by atomic mass is 79.9. The molecular formula is C23H25BrN2O. The molecule has 4 rings (SSSR count). The minimum absolute atomic E-state index is 0.122. The summed E-state index contributed by atoms with van der Waals surface area (Å²) in [4.78, 5) is 14.7. The fraction of sp³-hybridized carbons (Fsp3) is 0.348. The van der Waals surface area contributed by atoms with E-state index in [2.05, 4.69) is 69.8 Å². The van der Waals surface area contributed by atoms with Crippen LogP contribution in [0.3, 0.4) is 0 Å². The van der Waals surface area contributed by atoms with Crippen molar-refractivity contribution in [3.8, 4) is 0 Å². The second kappa shape index (κ2) is 7.51. The molecule has 2 aromatic rings. The number of nitrogens with one attached hydrogen (secondary N) is 1. The van der Waals surface area contributed by atoms with Crippen LogP contribution in [0.15, 0.2) is 59.1 Å². The van der Waals surface area contributed by atoms with Crippen LogP contribution >= 0.6 is 15.9 Å². The first kappa shape index (κ1) is 18.3. The maximum Gasteiger partial charge on any atom is 0.253 e. The molecule has 0 saturated carbocycles. The molecule has 0 aromatic heterocycles. The summed E-state index contributed by atoms with van der Waals surface area (Å²) in [6.07, 6.45) is 5.67. The Morgan fingerprint density at radius 1 is 1.15 bits per heavy atom. The van der Waals surface area contributed by atoms with E-state index in [1.807, 2.05) is 24.8 Å². The normalized spacial score (nSPS) is 22.7. The van der Waals surface area contributed by atoms with Crippen molar-refractivity contribution in [3.05, 3.63) is 75.8 Å². The highest BCUT2D eigenvalue weighted by molar-refractivity contribution is 9.10. The maximum absolute atomic E-state index is 12.8. The molecule has 3 unspecified atom stereocenters. The van der Waals surface area contributed by atoms with Crippen molar-refractivity contribution in [2.24, 2.45) is 5.92 Å². The second-order valence-electron chi connectivity index (χ2n) is 7.31. The van der Waals surface area contributed by atoms with Gasteiger partial charge in [-0.2, -0.15) is 0 Å². The molecule has 0 bridgehead atoms. The van der Waals surface area contributed by atoms with E-state index in [-0.39, 0.29) is 11.9 Å². The van der Waals surface area contributed by atoms with E-state index in [1.165, 1.54) is 11.1 Å².